The first-order valence-corrected chi connectivity index (χ1v) is 5.67. The molecule has 0 bridgehead atoms. The number of benzene rings is 1. The van der Waals surface area contributed by atoms with Crippen LogP contribution in [0.1, 0.15) is 11.9 Å². The Morgan fingerprint density at radius 2 is 2.00 bits per heavy atom. The minimum Gasteiger partial charge on any atom is -0.497 e. The number of carbonyl (C=O) groups excluding carboxylic acids is 1. The third kappa shape index (κ3) is 2.69. The van der Waals surface area contributed by atoms with Gasteiger partial charge in [0.15, 0.2) is 12.6 Å². The quantitative estimate of drug-likeness (QED) is 0.756. The lowest BCUT2D eigenvalue weighted by atomic mass is 10.1. The highest BCUT2D eigenvalue weighted by Crippen LogP contribution is 2.27. The van der Waals surface area contributed by atoms with Crippen LogP contribution < -0.4 is 4.74 Å². The summed E-state index contributed by atoms with van der Waals surface area (Å²) in [6, 6.07) is 7.33. The second kappa shape index (κ2) is 5.95. The summed E-state index contributed by atoms with van der Waals surface area (Å²) in [6.07, 6.45) is -0.752. The van der Waals surface area contributed by atoms with Gasteiger partial charge in [-0.3, -0.25) is 0 Å². The molecule has 0 spiro atoms. The van der Waals surface area contributed by atoms with Gasteiger partial charge in [-0.1, -0.05) is 12.1 Å². The van der Waals surface area contributed by atoms with E-state index in [2.05, 4.69) is 0 Å². The highest BCUT2D eigenvalue weighted by Gasteiger charge is 2.32. The van der Waals surface area contributed by atoms with E-state index in [1.54, 1.807) is 7.11 Å². The number of aldehydes is 1. The molecule has 0 radical (unpaired) electrons. The Kier molecular flexibility index (Phi) is 4.30. The third-order valence-corrected chi connectivity index (χ3v) is 2.88. The summed E-state index contributed by atoms with van der Waals surface area (Å²) in [5.74, 6) is 0.760. The molecule has 18 heavy (non-hydrogen) atoms. The molecule has 2 rings (SSSR count). The zero-order chi connectivity index (χ0) is 13.0. The van der Waals surface area contributed by atoms with Crippen LogP contribution in [-0.2, 0) is 19.0 Å². The molecule has 0 aliphatic carbocycles. The van der Waals surface area contributed by atoms with Crippen LogP contribution in [0.3, 0.4) is 0 Å². The average Bonchev–Trinajstić information content (AvgIpc) is 2.46. The maximum absolute atomic E-state index is 10.9. The molecule has 1 saturated heterocycles. The molecule has 1 fully saturated rings. The van der Waals surface area contributed by atoms with Crippen molar-refractivity contribution in [1.29, 1.82) is 0 Å². The number of rotatable bonds is 4. The first-order valence-electron chi connectivity index (χ1n) is 5.67. The molecule has 5 nitrogen and oxygen atoms in total. The minimum absolute atomic E-state index is 0.330. The van der Waals surface area contributed by atoms with Crippen molar-refractivity contribution in [2.24, 2.45) is 0 Å². The number of carbonyl (C=O) groups is 1. The molecule has 0 unspecified atom stereocenters. The first kappa shape index (κ1) is 13.0. The molecule has 0 aromatic heterocycles. The van der Waals surface area contributed by atoms with Crippen molar-refractivity contribution in [3.8, 4) is 5.75 Å². The lowest BCUT2D eigenvalue weighted by molar-refractivity contribution is -0.251. The maximum Gasteiger partial charge on any atom is 0.184 e. The van der Waals surface area contributed by atoms with E-state index in [4.69, 9.17) is 18.9 Å². The third-order valence-electron chi connectivity index (χ3n) is 2.88. The Bertz CT molecular complexity index is 389. The normalized spacial score (nSPS) is 27.8. The van der Waals surface area contributed by atoms with Crippen LogP contribution in [0.25, 0.3) is 0 Å². The Labute approximate surface area is 106 Å². The van der Waals surface area contributed by atoms with Gasteiger partial charge < -0.3 is 23.7 Å². The Hall–Kier alpha value is -1.43. The van der Waals surface area contributed by atoms with E-state index in [0.717, 1.165) is 17.6 Å². The van der Waals surface area contributed by atoms with E-state index in [-0.39, 0.29) is 6.10 Å². The fourth-order valence-corrected chi connectivity index (χ4v) is 1.80. The van der Waals surface area contributed by atoms with Gasteiger partial charge in [-0.05, 0) is 12.1 Å². The van der Waals surface area contributed by atoms with Gasteiger partial charge in [-0.25, -0.2) is 0 Å². The molecular formula is C13H16O5. The first-order chi connectivity index (χ1) is 8.78. The fraction of sp³-hybridized carbons (Fsp3) is 0.462. The van der Waals surface area contributed by atoms with Crippen molar-refractivity contribution in [3.63, 3.8) is 0 Å². The van der Waals surface area contributed by atoms with Crippen LogP contribution in [0.5, 0.6) is 5.75 Å². The van der Waals surface area contributed by atoms with Gasteiger partial charge in [0.2, 0.25) is 0 Å². The second-order valence-electron chi connectivity index (χ2n) is 3.95. The van der Waals surface area contributed by atoms with Gasteiger partial charge >= 0.3 is 0 Å². The topological polar surface area (TPSA) is 54.0 Å². The summed E-state index contributed by atoms with van der Waals surface area (Å²) in [4.78, 5) is 10.9. The van der Waals surface area contributed by atoms with Gasteiger partial charge in [-0.2, -0.15) is 0 Å². The Balaban J connectivity index is 2.07. The summed E-state index contributed by atoms with van der Waals surface area (Å²) in [6.45, 7) is 0.330. The molecule has 98 valence electrons. The van der Waals surface area contributed by atoms with Gasteiger partial charge in [0.05, 0.1) is 13.7 Å². The van der Waals surface area contributed by atoms with Crippen molar-refractivity contribution >= 4 is 6.29 Å². The smallest absolute Gasteiger partial charge is 0.184 e. The molecule has 0 saturated carbocycles. The van der Waals surface area contributed by atoms with Crippen molar-refractivity contribution in [2.75, 3.05) is 20.8 Å². The van der Waals surface area contributed by atoms with E-state index >= 15 is 0 Å². The van der Waals surface area contributed by atoms with Crippen LogP contribution in [0, 0.1) is 0 Å². The standard InChI is InChI=1S/C13H16O5/c1-15-10-5-3-9(4-6-10)13-17-8-12(16-2)11(7-14)18-13/h3-7,11-13H,8H2,1-2H3/t11-,12-,13+/m0/s1. The molecule has 1 aromatic carbocycles. The van der Waals surface area contributed by atoms with E-state index in [1.165, 1.54) is 7.11 Å². The summed E-state index contributed by atoms with van der Waals surface area (Å²) in [5.41, 5.74) is 0.845. The Morgan fingerprint density at radius 1 is 1.28 bits per heavy atom. The highest BCUT2D eigenvalue weighted by molar-refractivity contribution is 5.57. The molecule has 1 heterocycles. The maximum atomic E-state index is 10.9. The monoisotopic (exact) mass is 252 g/mol. The molecule has 1 aliphatic heterocycles. The zero-order valence-corrected chi connectivity index (χ0v) is 10.4. The summed E-state index contributed by atoms with van der Waals surface area (Å²) in [5, 5.41) is 0. The van der Waals surface area contributed by atoms with E-state index < -0.39 is 12.4 Å². The second-order valence-corrected chi connectivity index (χ2v) is 3.95. The summed E-state index contributed by atoms with van der Waals surface area (Å²) in [7, 11) is 3.13. The molecule has 1 aliphatic rings. The van der Waals surface area contributed by atoms with Crippen LogP contribution in [0.2, 0.25) is 0 Å². The van der Waals surface area contributed by atoms with Gasteiger partial charge in [0, 0.05) is 12.7 Å². The number of ether oxygens (including phenoxy) is 4. The predicted molar refractivity (Wildman–Crippen MR) is 63.4 cm³/mol. The highest BCUT2D eigenvalue weighted by atomic mass is 16.7. The van der Waals surface area contributed by atoms with Gasteiger partial charge in [0.25, 0.3) is 0 Å². The number of hydrogen-bond acceptors (Lipinski definition) is 5. The van der Waals surface area contributed by atoms with Crippen LogP contribution in [0.15, 0.2) is 24.3 Å². The molecule has 5 heteroatoms. The fourth-order valence-electron chi connectivity index (χ4n) is 1.80. The molecule has 0 amide bonds. The average molecular weight is 252 g/mol. The SMILES string of the molecule is COc1ccc([C@@H]2OC[C@H](OC)[C@H](C=O)O2)cc1. The lowest BCUT2D eigenvalue weighted by Crippen LogP contribution is -2.42. The molecule has 0 N–H and O–H groups in total. The van der Waals surface area contributed by atoms with Crippen molar-refractivity contribution in [3.05, 3.63) is 29.8 Å². The zero-order valence-electron chi connectivity index (χ0n) is 10.4. The molecule has 3 atom stereocenters. The predicted octanol–water partition coefficient (Wildman–Crippen LogP) is 1.32. The van der Waals surface area contributed by atoms with E-state index in [9.17, 15) is 4.79 Å². The summed E-state index contributed by atoms with van der Waals surface area (Å²) < 4.78 is 21.3. The van der Waals surface area contributed by atoms with Crippen molar-refractivity contribution in [1.82, 2.24) is 0 Å². The number of methoxy groups -OCH3 is 2. The van der Waals surface area contributed by atoms with Crippen LogP contribution in [0.4, 0.5) is 0 Å². The van der Waals surface area contributed by atoms with Crippen LogP contribution in [-0.4, -0.2) is 39.3 Å². The van der Waals surface area contributed by atoms with Gasteiger partial charge in [0.1, 0.15) is 18.0 Å². The van der Waals surface area contributed by atoms with E-state index in [1.807, 2.05) is 24.3 Å². The number of hydrogen-bond donors (Lipinski definition) is 0. The van der Waals surface area contributed by atoms with Crippen molar-refractivity contribution in [2.45, 2.75) is 18.5 Å². The largest absolute Gasteiger partial charge is 0.497 e. The minimum atomic E-state index is -0.601. The van der Waals surface area contributed by atoms with Crippen LogP contribution >= 0.6 is 0 Å². The summed E-state index contributed by atoms with van der Waals surface area (Å²) >= 11 is 0. The lowest BCUT2D eigenvalue weighted by Gasteiger charge is -2.33. The Morgan fingerprint density at radius 3 is 2.56 bits per heavy atom. The van der Waals surface area contributed by atoms with Crippen molar-refractivity contribution < 1.29 is 23.7 Å². The van der Waals surface area contributed by atoms with Gasteiger partial charge in [-0.15, -0.1) is 0 Å². The molecule has 1 aromatic rings. The molecular weight excluding hydrogens is 236 g/mol. The van der Waals surface area contributed by atoms with E-state index in [0.29, 0.717) is 6.61 Å².